The van der Waals surface area contributed by atoms with Gasteiger partial charge >= 0.3 is 0 Å². The zero-order valence-electron chi connectivity index (χ0n) is 12.9. The molecule has 0 aliphatic rings. The monoisotopic (exact) mass is 316 g/mol. The fourth-order valence-electron chi connectivity index (χ4n) is 3.19. The van der Waals surface area contributed by atoms with Crippen LogP contribution in [0.15, 0.2) is 72.8 Å². The summed E-state index contributed by atoms with van der Waals surface area (Å²) in [4.78, 5) is 11.3. The van der Waals surface area contributed by atoms with E-state index in [2.05, 4.69) is 41.0 Å². The van der Waals surface area contributed by atoms with Gasteiger partial charge < -0.3 is 4.57 Å². The molecule has 4 nitrogen and oxygen atoms in total. The highest BCUT2D eigenvalue weighted by Gasteiger charge is 2.11. The van der Waals surface area contributed by atoms with Gasteiger partial charge in [0.05, 0.1) is 17.5 Å². The van der Waals surface area contributed by atoms with Crippen molar-refractivity contribution in [3.8, 4) is 5.69 Å². The average Bonchev–Trinajstić information content (AvgIpc) is 2.97. The lowest BCUT2D eigenvalue weighted by Gasteiger charge is -2.08. The second kappa shape index (κ2) is 5.83. The molecule has 0 saturated heterocycles. The van der Waals surface area contributed by atoms with Crippen LogP contribution in [0.25, 0.3) is 27.5 Å². The van der Waals surface area contributed by atoms with E-state index in [0.29, 0.717) is 0 Å². The highest BCUT2D eigenvalue weighted by atomic mass is 16.5. The Morgan fingerprint density at radius 1 is 0.833 bits per heavy atom. The van der Waals surface area contributed by atoms with Crippen LogP contribution in [0.5, 0.6) is 0 Å². The molecular weight excluding hydrogens is 300 g/mol. The summed E-state index contributed by atoms with van der Waals surface area (Å²) in [5, 5.41) is 11.1. The number of nitrogens with one attached hydrogen (secondary N) is 1. The van der Waals surface area contributed by atoms with Crippen LogP contribution in [0, 0.1) is 0 Å². The second-order valence-corrected chi connectivity index (χ2v) is 5.75. The van der Waals surface area contributed by atoms with Crippen LogP contribution >= 0.6 is 0 Å². The number of carbonyl (C=O) groups is 1. The first-order chi connectivity index (χ1) is 11.8. The van der Waals surface area contributed by atoms with Crippen LogP contribution in [0.4, 0.5) is 0 Å². The van der Waals surface area contributed by atoms with Crippen LogP contribution in [0.2, 0.25) is 0 Å². The summed E-state index contributed by atoms with van der Waals surface area (Å²) in [7, 11) is 0. The molecule has 4 rings (SSSR count). The number of aromatic nitrogens is 1. The first-order valence-corrected chi connectivity index (χ1v) is 7.78. The number of benzene rings is 3. The Kier molecular flexibility index (Phi) is 3.52. The smallest absolute Gasteiger partial charge is 0.247 e. The molecule has 0 radical (unpaired) electrons. The number of fused-ring (bicyclic) bond motifs is 3. The van der Waals surface area contributed by atoms with E-state index in [4.69, 9.17) is 5.21 Å². The topological polar surface area (TPSA) is 54.3 Å². The van der Waals surface area contributed by atoms with Crippen molar-refractivity contribution < 1.29 is 10.0 Å². The SMILES string of the molecule is O=C(Cc1ccc(-n2c3ccccc3c3ccccc32)cc1)NO. The average molecular weight is 316 g/mol. The number of carbonyl (C=O) groups excluding carboxylic acids is 1. The Hall–Kier alpha value is -3.11. The molecule has 0 aliphatic carbocycles. The summed E-state index contributed by atoms with van der Waals surface area (Å²) in [5.74, 6) is -0.417. The molecule has 4 heteroatoms. The van der Waals surface area contributed by atoms with E-state index >= 15 is 0 Å². The number of nitrogens with zero attached hydrogens (tertiary/aromatic N) is 1. The Balaban J connectivity index is 1.87. The van der Waals surface area contributed by atoms with Gasteiger partial charge in [-0.05, 0) is 29.8 Å². The molecule has 0 spiro atoms. The minimum atomic E-state index is -0.417. The van der Waals surface area contributed by atoms with Gasteiger partial charge in [0.1, 0.15) is 0 Å². The molecule has 118 valence electrons. The van der Waals surface area contributed by atoms with Gasteiger partial charge in [-0.25, -0.2) is 5.48 Å². The molecule has 2 N–H and O–H groups in total. The second-order valence-electron chi connectivity index (χ2n) is 5.75. The van der Waals surface area contributed by atoms with Crippen LogP contribution < -0.4 is 5.48 Å². The van der Waals surface area contributed by atoms with Gasteiger partial charge in [0.2, 0.25) is 5.91 Å². The lowest BCUT2D eigenvalue weighted by atomic mass is 10.1. The lowest BCUT2D eigenvalue weighted by molar-refractivity contribution is -0.128. The summed E-state index contributed by atoms with van der Waals surface area (Å²) in [6, 6.07) is 24.5. The first-order valence-electron chi connectivity index (χ1n) is 7.78. The number of hydrogen-bond donors (Lipinski definition) is 2. The third-order valence-corrected chi connectivity index (χ3v) is 4.26. The molecule has 1 amide bonds. The maximum Gasteiger partial charge on any atom is 0.247 e. The molecule has 0 aliphatic heterocycles. The van der Waals surface area contributed by atoms with Gasteiger partial charge in [-0.1, -0.05) is 48.5 Å². The molecule has 3 aromatic carbocycles. The Bertz CT molecular complexity index is 979. The molecule has 0 fully saturated rings. The molecule has 0 saturated carbocycles. The van der Waals surface area contributed by atoms with Gasteiger partial charge in [0, 0.05) is 16.5 Å². The molecule has 0 atom stereocenters. The van der Waals surface area contributed by atoms with Crippen LogP contribution in [0.1, 0.15) is 5.56 Å². The predicted octanol–water partition coefficient (Wildman–Crippen LogP) is 3.83. The van der Waals surface area contributed by atoms with Crippen molar-refractivity contribution >= 4 is 27.7 Å². The molecule has 0 unspecified atom stereocenters. The number of hydroxylamine groups is 1. The largest absolute Gasteiger partial charge is 0.309 e. The van der Waals surface area contributed by atoms with Gasteiger partial charge in [0.25, 0.3) is 0 Å². The molecule has 0 bridgehead atoms. The van der Waals surface area contributed by atoms with Crippen LogP contribution in [0.3, 0.4) is 0 Å². The highest BCUT2D eigenvalue weighted by Crippen LogP contribution is 2.31. The molecule has 1 heterocycles. The Labute approximate surface area is 138 Å². The summed E-state index contributed by atoms with van der Waals surface area (Å²) in [5.41, 5.74) is 5.86. The van der Waals surface area contributed by atoms with Crippen molar-refractivity contribution in [1.29, 1.82) is 0 Å². The summed E-state index contributed by atoms with van der Waals surface area (Å²) < 4.78 is 2.22. The van der Waals surface area contributed by atoms with Crippen molar-refractivity contribution in [3.63, 3.8) is 0 Å². The van der Waals surface area contributed by atoms with E-state index < -0.39 is 5.91 Å². The van der Waals surface area contributed by atoms with E-state index in [-0.39, 0.29) is 6.42 Å². The number of para-hydroxylation sites is 2. The lowest BCUT2D eigenvalue weighted by Crippen LogP contribution is -2.20. The third kappa shape index (κ3) is 2.33. The highest BCUT2D eigenvalue weighted by molar-refractivity contribution is 6.09. The summed E-state index contributed by atoms with van der Waals surface area (Å²) >= 11 is 0. The fourth-order valence-corrected chi connectivity index (χ4v) is 3.19. The van der Waals surface area contributed by atoms with E-state index in [9.17, 15) is 4.79 Å². The fraction of sp³-hybridized carbons (Fsp3) is 0.0500. The molecule has 4 aromatic rings. The van der Waals surface area contributed by atoms with Crippen molar-refractivity contribution in [2.45, 2.75) is 6.42 Å². The zero-order valence-corrected chi connectivity index (χ0v) is 12.9. The Morgan fingerprint density at radius 2 is 1.38 bits per heavy atom. The molecule has 1 aromatic heterocycles. The van der Waals surface area contributed by atoms with Crippen LogP contribution in [-0.4, -0.2) is 15.7 Å². The van der Waals surface area contributed by atoms with Crippen molar-refractivity contribution in [2.24, 2.45) is 0 Å². The number of amides is 1. The quantitative estimate of drug-likeness (QED) is 0.446. The van der Waals surface area contributed by atoms with Crippen molar-refractivity contribution in [3.05, 3.63) is 78.4 Å². The summed E-state index contributed by atoms with van der Waals surface area (Å²) in [6.07, 6.45) is 0.157. The number of hydrogen-bond acceptors (Lipinski definition) is 2. The zero-order chi connectivity index (χ0) is 16.5. The number of rotatable bonds is 3. The van der Waals surface area contributed by atoms with E-state index in [1.165, 1.54) is 10.8 Å². The maximum absolute atomic E-state index is 11.3. The minimum Gasteiger partial charge on any atom is -0.309 e. The molecule has 24 heavy (non-hydrogen) atoms. The molecular formula is C20H16N2O2. The van der Waals surface area contributed by atoms with E-state index in [1.807, 2.05) is 36.4 Å². The Morgan fingerprint density at radius 3 is 1.92 bits per heavy atom. The van der Waals surface area contributed by atoms with Gasteiger partial charge in [-0.2, -0.15) is 0 Å². The third-order valence-electron chi connectivity index (χ3n) is 4.26. The van der Waals surface area contributed by atoms with Crippen molar-refractivity contribution in [1.82, 2.24) is 10.0 Å². The first kappa shape index (κ1) is 14.5. The van der Waals surface area contributed by atoms with Crippen molar-refractivity contribution in [2.75, 3.05) is 0 Å². The predicted molar refractivity (Wildman–Crippen MR) is 94.4 cm³/mol. The van der Waals surface area contributed by atoms with Gasteiger partial charge in [-0.15, -0.1) is 0 Å². The van der Waals surface area contributed by atoms with Gasteiger partial charge in [0.15, 0.2) is 0 Å². The maximum atomic E-state index is 11.3. The van der Waals surface area contributed by atoms with Gasteiger partial charge in [-0.3, -0.25) is 10.0 Å². The van der Waals surface area contributed by atoms with E-state index in [1.54, 1.807) is 5.48 Å². The standard InChI is InChI=1S/C20H16N2O2/c23-20(21-24)13-14-9-11-15(12-10-14)22-18-7-3-1-5-16(18)17-6-2-4-8-19(17)22/h1-12,24H,13H2,(H,21,23). The normalized spacial score (nSPS) is 11.0. The van der Waals surface area contributed by atoms with E-state index in [0.717, 1.165) is 22.3 Å². The van der Waals surface area contributed by atoms with Crippen LogP contribution in [-0.2, 0) is 11.2 Å². The minimum absolute atomic E-state index is 0.157. The summed E-state index contributed by atoms with van der Waals surface area (Å²) in [6.45, 7) is 0.